The van der Waals surface area contributed by atoms with Gasteiger partial charge in [0, 0.05) is 55.9 Å². The molecule has 0 radical (unpaired) electrons. The second-order valence-corrected chi connectivity index (χ2v) is 13.2. The number of ether oxygens (including phenoxy) is 1. The average molecular weight is 605 g/mol. The monoisotopic (exact) mass is 604 g/mol. The minimum Gasteiger partial charge on any atom is -0.444 e. The van der Waals surface area contributed by atoms with Gasteiger partial charge < -0.3 is 19.5 Å². The number of pyridine rings is 1. The number of halogens is 2. The lowest BCUT2D eigenvalue weighted by molar-refractivity contribution is 0.0138. The highest BCUT2D eigenvalue weighted by molar-refractivity contribution is 5.83. The zero-order chi connectivity index (χ0) is 31.4. The number of carbonyl (C=O) groups excluding carboxylic acids is 1. The molecule has 6 rings (SSSR count). The molecule has 5 heterocycles. The second-order valence-electron chi connectivity index (χ2n) is 13.2. The number of carbonyl (C=O) groups is 1. The summed E-state index contributed by atoms with van der Waals surface area (Å²) in [5.74, 6) is 0.330. The predicted molar refractivity (Wildman–Crippen MR) is 164 cm³/mol. The molecule has 0 spiro atoms. The molecule has 232 valence electrons. The average Bonchev–Trinajstić information content (AvgIpc) is 3.48. The minimum atomic E-state index is -0.652. The number of hydrogen-bond donors (Lipinski definition) is 1. The SMILES string of the molecule is Cc1nc(Nc2ncc(F)c(-c3cc(F)c4nc5n(c4c3)C(C)(C)CC5)n2)ccc1CN1CCN(C(=O)OC(C)(C)C)CC1. The number of benzene rings is 1. The third-order valence-electron chi connectivity index (χ3n) is 8.22. The van der Waals surface area contributed by atoms with Gasteiger partial charge in [-0.1, -0.05) is 6.07 Å². The zero-order valence-corrected chi connectivity index (χ0v) is 26.0. The summed E-state index contributed by atoms with van der Waals surface area (Å²) in [7, 11) is 0. The van der Waals surface area contributed by atoms with E-state index in [0.29, 0.717) is 36.5 Å². The Morgan fingerprint density at radius 2 is 1.80 bits per heavy atom. The van der Waals surface area contributed by atoms with E-state index in [1.54, 1.807) is 11.0 Å². The molecule has 1 amide bonds. The Kier molecular flexibility index (Phi) is 7.51. The molecule has 1 aromatic carbocycles. The molecule has 12 heteroatoms. The molecular formula is C32H38F2N8O2. The van der Waals surface area contributed by atoms with Gasteiger partial charge in [-0.25, -0.2) is 33.5 Å². The van der Waals surface area contributed by atoms with Crippen molar-refractivity contribution in [2.75, 3.05) is 31.5 Å². The fourth-order valence-corrected chi connectivity index (χ4v) is 5.92. The van der Waals surface area contributed by atoms with Crippen LogP contribution in [0.3, 0.4) is 0 Å². The number of rotatable bonds is 5. The highest BCUT2D eigenvalue weighted by Crippen LogP contribution is 2.38. The first-order valence-electron chi connectivity index (χ1n) is 15.0. The largest absolute Gasteiger partial charge is 0.444 e. The second kappa shape index (κ2) is 11.1. The highest BCUT2D eigenvalue weighted by Gasteiger charge is 2.33. The van der Waals surface area contributed by atoms with Gasteiger partial charge in [0.1, 0.15) is 28.5 Å². The van der Waals surface area contributed by atoms with Crippen molar-refractivity contribution in [2.45, 2.75) is 72.1 Å². The van der Waals surface area contributed by atoms with Crippen LogP contribution < -0.4 is 5.32 Å². The van der Waals surface area contributed by atoms with Crippen LogP contribution in [0.4, 0.5) is 25.3 Å². The van der Waals surface area contributed by atoms with Crippen LogP contribution in [0.2, 0.25) is 0 Å². The van der Waals surface area contributed by atoms with Crippen molar-refractivity contribution >= 4 is 28.9 Å². The molecule has 4 aromatic rings. The van der Waals surface area contributed by atoms with Crippen molar-refractivity contribution in [3.8, 4) is 11.3 Å². The molecule has 1 saturated heterocycles. The number of imidazole rings is 1. The molecule has 2 aliphatic heterocycles. The van der Waals surface area contributed by atoms with E-state index in [4.69, 9.17) is 4.74 Å². The van der Waals surface area contributed by atoms with Crippen molar-refractivity contribution in [3.63, 3.8) is 0 Å². The van der Waals surface area contributed by atoms with E-state index in [0.717, 1.165) is 49.2 Å². The van der Waals surface area contributed by atoms with Crippen molar-refractivity contribution in [1.29, 1.82) is 0 Å². The van der Waals surface area contributed by atoms with Crippen LogP contribution in [-0.4, -0.2) is 72.2 Å². The van der Waals surface area contributed by atoms with E-state index in [1.807, 2.05) is 44.4 Å². The van der Waals surface area contributed by atoms with Crippen LogP contribution >= 0.6 is 0 Å². The number of hydrogen-bond acceptors (Lipinski definition) is 8. The van der Waals surface area contributed by atoms with Crippen LogP contribution in [0, 0.1) is 18.6 Å². The number of nitrogens with zero attached hydrogens (tertiary/aromatic N) is 7. The Morgan fingerprint density at radius 3 is 2.50 bits per heavy atom. The Morgan fingerprint density at radius 1 is 1.05 bits per heavy atom. The smallest absolute Gasteiger partial charge is 0.410 e. The number of aromatic nitrogens is 5. The number of fused-ring (bicyclic) bond motifs is 3. The van der Waals surface area contributed by atoms with E-state index < -0.39 is 17.2 Å². The maximum atomic E-state index is 15.2. The topological polar surface area (TPSA) is 101 Å². The molecule has 1 fully saturated rings. The first-order chi connectivity index (χ1) is 20.8. The van der Waals surface area contributed by atoms with Gasteiger partial charge in [-0.3, -0.25) is 4.90 Å². The zero-order valence-electron chi connectivity index (χ0n) is 26.0. The quantitative estimate of drug-likeness (QED) is 0.298. The summed E-state index contributed by atoms with van der Waals surface area (Å²) in [6.45, 7) is 15.1. The molecule has 0 saturated carbocycles. The molecule has 2 aliphatic rings. The molecule has 1 N–H and O–H groups in total. The van der Waals surface area contributed by atoms with Gasteiger partial charge in [0.15, 0.2) is 11.6 Å². The Balaban J connectivity index is 1.16. The van der Waals surface area contributed by atoms with E-state index in [9.17, 15) is 4.79 Å². The third-order valence-corrected chi connectivity index (χ3v) is 8.22. The standard InChI is InChI=1S/C32H38F2N8O2/c1-19-20(18-40-11-13-41(14-12-40)30(43)44-31(2,3)4)7-8-25(36-19)37-29-35-17-23(34)27(39-29)21-15-22(33)28-24(16-21)42-26(38-28)9-10-32(42,5)6/h7-8,15-17H,9-14,18H2,1-6H3,(H,35,36,37,39). The maximum Gasteiger partial charge on any atom is 0.410 e. The van der Waals surface area contributed by atoms with Crippen LogP contribution in [0.1, 0.15) is 58.1 Å². The summed E-state index contributed by atoms with van der Waals surface area (Å²) in [6.07, 6.45) is 2.47. The minimum absolute atomic E-state index is 0.00600. The van der Waals surface area contributed by atoms with Gasteiger partial charge in [-0.2, -0.15) is 0 Å². The Hall–Kier alpha value is -4.19. The summed E-state index contributed by atoms with van der Waals surface area (Å²) in [6, 6.07) is 6.84. The fourth-order valence-electron chi connectivity index (χ4n) is 5.92. The van der Waals surface area contributed by atoms with E-state index in [-0.39, 0.29) is 28.8 Å². The number of nitrogens with one attached hydrogen (secondary N) is 1. The predicted octanol–water partition coefficient (Wildman–Crippen LogP) is 5.95. The number of piperazine rings is 1. The first-order valence-corrected chi connectivity index (χ1v) is 15.0. The molecule has 0 aliphatic carbocycles. The van der Waals surface area contributed by atoms with Crippen LogP contribution in [0.25, 0.3) is 22.3 Å². The summed E-state index contributed by atoms with van der Waals surface area (Å²) in [4.78, 5) is 34.1. The van der Waals surface area contributed by atoms with Gasteiger partial charge in [0.25, 0.3) is 0 Å². The van der Waals surface area contributed by atoms with Gasteiger partial charge in [0.05, 0.1) is 11.7 Å². The van der Waals surface area contributed by atoms with Gasteiger partial charge >= 0.3 is 6.09 Å². The van der Waals surface area contributed by atoms with Gasteiger partial charge in [0.2, 0.25) is 5.95 Å². The molecule has 44 heavy (non-hydrogen) atoms. The highest BCUT2D eigenvalue weighted by atomic mass is 19.1. The maximum absolute atomic E-state index is 15.2. The lowest BCUT2D eigenvalue weighted by Gasteiger charge is -2.35. The number of amides is 1. The molecule has 0 bridgehead atoms. The van der Waals surface area contributed by atoms with Crippen LogP contribution in [-0.2, 0) is 23.2 Å². The van der Waals surface area contributed by atoms with Crippen LogP contribution in [0.5, 0.6) is 0 Å². The van der Waals surface area contributed by atoms with Gasteiger partial charge in [-0.05, 0) is 71.7 Å². The lowest BCUT2D eigenvalue weighted by atomic mass is 10.0. The first kappa shape index (κ1) is 29.9. The number of anilines is 2. The lowest BCUT2D eigenvalue weighted by Crippen LogP contribution is -2.49. The van der Waals surface area contributed by atoms with Crippen molar-refractivity contribution in [2.24, 2.45) is 0 Å². The van der Waals surface area contributed by atoms with Crippen molar-refractivity contribution in [1.82, 2.24) is 34.3 Å². The van der Waals surface area contributed by atoms with E-state index in [1.165, 1.54) is 6.07 Å². The molecular weight excluding hydrogens is 566 g/mol. The Bertz CT molecular complexity index is 1740. The third kappa shape index (κ3) is 5.95. The normalized spacial score (nSPS) is 16.8. The van der Waals surface area contributed by atoms with Crippen molar-refractivity contribution in [3.05, 3.63) is 59.2 Å². The van der Waals surface area contributed by atoms with E-state index >= 15 is 8.78 Å². The number of aryl methyl sites for hydroxylation is 2. The molecule has 3 aromatic heterocycles. The summed E-state index contributed by atoms with van der Waals surface area (Å²) in [5, 5.41) is 3.07. The summed E-state index contributed by atoms with van der Waals surface area (Å²) < 4.78 is 37.7. The van der Waals surface area contributed by atoms with E-state index in [2.05, 4.69) is 44.0 Å². The summed E-state index contributed by atoms with van der Waals surface area (Å²) >= 11 is 0. The summed E-state index contributed by atoms with van der Waals surface area (Å²) in [5.41, 5.74) is 2.38. The molecule has 0 atom stereocenters. The Labute approximate surface area is 255 Å². The fraction of sp³-hybridized carbons (Fsp3) is 0.469. The molecule has 0 unspecified atom stereocenters. The van der Waals surface area contributed by atoms with Crippen molar-refractivity contribution < 1.29 is 18.3 Å². The van der Waals surface area contributed by atoms with Gasteiger partial charge in [-0.15, -0.1) is 0 Å². The molecule has 10 nitrogen and oxygen atoms in total. The van der Waals surface area contributed by atoms with Crippen LogP contribution in [0.15, 0.2) is 30.5 Å².